The number of carboxylic acids is 1. The molecule has 0 aliphatic carbocycles. The van der Waals surface area contributed by atoms with E-state index in [9.17, 15) is 9.90 Å². The summed E-state index contributed by atoms with van der Waals surface area (Å²) < 4.78 is 0. The molecule has 0 heterocycles. The normalized spacial score (nSPS) is 12.5. The molecule has 2 N–H and O–H groups in total. The maximum absolute atomic E-state index is 11.1. The van der Waals surface area contributed by atoms with Gasteiger partial charge in [0.15, 0.2) is 0 Å². The Labute approximate surface area is 128 Å². The van der Waals surface area contributed by atoms with Crippen molar-refractivity contribution in [3.8, 4) is 5.75 Å². The molecule has 21 heavy (non-hydrogen) atoms. The molecular formula is C18H28O3. The second kappa shape index (κ2) is 6.08. The Morgan fingerprint density at radius 2 is 1.38 bits per heavy atom. The number of aliphatic carboxylic acids is 1. The third-order valence-electron chi connectivity index (χ3n) is 4.75. The van der Waals surface area contributed by atoms with Crippen LogP contribution in [0.3, 0.4) is 0 Å². The van der Waals surface area contributed by atoms with Gasteiger partial charge in [-0.25, -0.2) is 0 Å². The summed E-state index contributed by atoms with van der Waals surface area (Å²) in [4.78, 5) is 11.1. The lowest BCUT2D eigenvalue weighted by Gasteiger charge is -2.31. The number of rotatable bonds is 6. The van der Waals surface area contributed by atoms with Crippen molar-refractivity contribution in [3.63, 3.8) is 0 Å². The fourth-order valence-electron chi connectivity index (χ4n) is 2.38. The first-order valence-corrected chi connectivity index (χ1v) is 7.63. The highest BCUT2D eigenvalue weighted by Gasteiger charge is 2.29. The number of phenols is 1. The summed E-state index contributed by atoms with van der Waals surface area (Å²) in [6.45, 7) is 12.5. The summed E-state index contributed by atoms with van der Waals surface area (Å²) in [5.74, 6) is -0.524. The van der Waals surface area contributed by atoms with Gasteiger partial charge in [-0.15, -0.1) is 0 Å². The molecule has 0 unspecified atom stereocenters. The Balaban J connectivity index is 3.58. The number of carboxylic acid groups (broad SMARTS) is 1. The first-order valence-electron chi connectivity index (χ1n) is 7.63. The van der Waals surface area contributed by atoms with Gasteiger partial charge in [-0.3, -0.25) is 4.79 Å². The van der Waals surface area contributed by atoms with Gasteiger partial charge in [0.1, 0.15) is 5.75 Å². The zero-order chi connectivity index (χ0) is 16.4. The SMILES string of the molecule is CCC(C)(C)c1cc(CC(=O)O)cc(C(C)(C)CC)c1O. The average Bonchev–Trinajstić information content (AvgIpc) is 2.39. The molecule has 118 valence electrons. The van der Waals surface area contributed by atoms with Crippen LogP contribution < -0.4 is 0 Å². The van der Waals surface area contributed by atoms with Gasteiger partial charge >= 0.3 is 5.97 Å². The van der Waals surface area contributed by atoms with Crippen molar-refractivity contribution in [3.05, 3.63) is 28.8 Å². The van der Waals surface area contributed by atoms with Crippen molar-refractivity contribution in [2.24, 2.45) is 0 Å². The Bertz CT molecular complexity index is 490. The van der Waals surface area contributed by atoms with E-state index in [0.29, 0.717) is 5.75 Å². The second-order valence-corrected chi connectivity index (χ2v) is 7.08. The topological polar surface area (TPSA) is 57.5 Å². The molecule has 0 amide bonds. The van der Waals surface area contributed by atoms with Crippen LogP contribution >= 0.6 is 0 Å². The molecule has 0 saturated carbocycles. The molecule has 0 aliphatic heterocycles. The van der Waals surface area contributed by atoms with Gasteiger partial charge in [-0.1, -0.05) is 53.7 Å². The first-order chi connectivity index (χ1) is 9.55. The summed E-state index contributed by atoms with van der Waals surface area (Å²) >= 11 is 0. The van der Waals surface area contributed by atoms with Crippen LogP contribution in [0, 0.1) is 0 Å². The van der Waals surface area contributed by atoms with Crippen LogP contribution in [-0.2, 0) is 22.0 Å². The van der Waals surface area contributed by atoms with Crippen molar-refractivity contribution >= 4 is 5.97 Å². The van der Waals surface area contributed by atoms with Crippen molar-refractivity contribution in [2.45, 2.75) is 71.6 Å². The summed E-state index contributed by atoms with van der Waals surface area (Å²) in [5, 5.41) is 19.8. The van der Waals surface area contributed by atoms with Crippen LogP contribution in [0.5, 0.6) is 5.75 Å². The van der Waals surface area contributed by atoms with Crippen molar-refractivity contribution in [1.29, 1.82) is 0 Å². The maximum Gasteiger partial charge on any atom is 0.307 e. The minimum atomic E-state index is -0.846. The Morgan fingerprint density at radius 1 is 1.00 bits per heavy atom. The minimum Gasteiger partial charge on any atom is -0.507 e. The smallest absolute Gasteiger partial charge is 0.307 e. The summed E-state index contributed by atoms with van der Waals surface area (Å²) in [5.41, 5.74) is 2.09. The molecule has 0 atom stereocenters. The number of hydrogen-bond donors (Lipinski definition) is 2. The molecule has 0 spiro atoms. The first kappa shape index (κ1) is 17.5. The second-order valence-electron chi connectivity index (χ2n) is 7.08. The minimum absolute atomic E-state index is 0.0140. The zero-order valence-electron chi connectivity index (χ0n) is 14.1. The van der Waals surface area contributed by atoms with Gasteiger partial charge in [0.2, 0.25) is 0 Å². The highest BCUT2D eigenvalue weighted by molar-refractivity contribution is 5.71. The monoisotopic (exact) mass is 292 g/mol. The molecule has 0 saturated heterocycles. The molecule has 1 aromatic rings. The highest BCUT2D eigenvalue weighted by Crippen LogP contribution is 2.42. The summed E-state index contributed by atoms with van der Waals surface area (Å²) in [6.07, 6.45) is 1.74. The molecule has 0 fully saturated rings. The van der Waals surface area contributed by atoms with Gasteiger partial charge in [0, 0.05) is 11.1 Å². The molecule has 3 heteroatoms. The van der Waals surface area contributed by atoms with Crippen molar-refractivity contribution in [1.82, 2.24) is 0 Å². The predicted octanol–water partition coefficient (Wildman–Crippen LogP) is 4.39. The molecule has 0 aliphatic rings. The zero-order valence-corrected chi connectivity index (χ0v) is 14.1. The number of hydrogen-bond acceptors (Lipinski definition) is 2. The van der Waals surface area contributed by atoms with Crippen molar-refractivity contribution in [2.75, 3.05) is 0 Å². The molecule has 3 nitrogen and oxygen atoms in total. The van der Waals surface area contributed by atoms with E-state index in [0.717, 1.165) is 29.5 Å². The van der Waals surface area contributed by atoms with E-state index >= 15 is 0 Å². The van der Waals surface area contributed by atoms with Gasteiger partial charge < -0.3 is 10.2 Å². The van der Waals surface area contributed by atoms with Crippen LogP contribution in [0.1, 0.15) is 71.1 Å². The Hall–Kier alpha value is -1.51. The number of aromatic hydroxyl groups is 1. The number of carbonyl (C=O) groups is 1. The average molecular weight is 292 g/mol. The molecule has 0 aromatic heterocycles. The van der Waals surface area contributed by atoms with Gasteiger partial charge in [0.05, 0.1) is 6.42 Å². The lowest BCUT2D eigenvalue weighted by Crippen LogP contribution is -2.21. The summed E-state index contributed by atoms with van der Waals surface area (Å²) in [7, 11) is 0. The van der Waals surface area contributed by atoms with E-state index in [1.54, 1.807) is 0 Å². The molecule has 1 rings (SSSR count). The fraction of sp³-hybridized carbons (Fsp3) is 0.611. The standard InChI is InChI=1S/C18H28O3/c1-7-17(3,4)13-9-12(11-15(19)20)10-14(16(13)21)18(5,6)8-2/h9-10,21H,7-8,11H2,1-6H3,(H,19,20). The van der Waals surface area contributed by atoms with Gasteiger partial charge in [0.25, 0.3) is 0 Å². The maximum atomic E-state index is 11.1. The molecule has 0 bridgehead atoms. The number of benzene rings is 1. The fourth-order valence-corrected chi connectivity index (χ4v) is 2.38. The third-order valence-corrected chi connectivity index (χ3v) is 4.75. The lowest BCUT2D eigenvalue weighted by molar-refractivity contribution is -0.136. The molecule has 0 radical (unpaired) electrons. The largest absolute Gasteiger partial charge is 0.507 e. The van der Waals surface area contributed by atoms with Crippen LogP contribution in [-0.4, -0.2) is 16.2 Å². The Kier molecular flexibility index (Phi) is 5.08. The third kappa shape index (κ3) is 3.78. The quantitative estimate of drug-likeness (QED) is 0.817. The lowest BCUT2D eigenvalue weighted by atomic mass is 9.74. The predicted molar refractivity (Wildman–Crippen MR) is 86.1 cm³/mol. The molecular weight excluding hydrogens is 264 g/mol. The van der Waals surface area contributed by atoms with Crippen LogP contribution in [0.15, 0.2) is 12.1 Å². The van der Waals surface area contributed by atoms with E-state index in [2.05, 4.69) is 41.5 Å². The van der Waals surface area contributed by atoms with E-state index in [-0.39, 0.29) is 17.3 Å². The van der Waals surface area contributed by atoms with E-state index in [1.165, 1.54) is 0 Å². The molecule has 1 aromatic carbocycles. The van der Waals surface area contributed by atoms with Gasteiger partial charge in [-0.05, 0) is 29.2 Å². The van der Waals surface area contributed by atoms with Crippen LogP contribution in [0.4, 0.5) is 0 Å². The van der Waals surface area contributed by atoms with E-state index < -0.39 is 5.97 Å². The summed E-state index contributed by atoms with van der Waals surface area (Å²) in [6, 6.07) is 3.70. The Morgan fingerprint density at radius 3 is 1.67 bits per heavy atom. The van der Waals surface area contributed by atoms with Crippen LogP contribution in [0.2, 0.25) is 0 Å². The van der Waals surface area contributed by atoms with E-state index in [4.69, 9.17) is 5.11 Å². The number of phenolic OH excluding ortho intramolecular Hbond substituents is 1. The van der Waals surface area contributed by atoms with Gasteiger partial charge in [-0.2, -0.15) is 0 Å². The van der Waals surface area contributed by atoms with Crippen molar-refractivity contribution < 1.29 is 15.0 Å². The van der Waals surface area contributed by atoms with E-state index in [1.807, 2.05) is 12.1 Å². The highest BCUT2D eigenvalue weighted by atomic mass is 16.4. The van der Waals surface area contributed by atoms with Crippen LogP contribution in [0.25, 0.3) is 0 Å².